The Labute approximate surface area is 179 Å². The monoisotopic (exact) mass is 419 g/mol. The lowest BCUT2D eigenvalue weighted by Gasteiger charge is -2.29. The predicted octanol–water partition coefficient (Wildman–Crippen LogP) is 1.80. The number of nitrogens with two attached hydrogens (primary N) is 2. The number of amidine groups is 1. The number of carbonyl (C=O) groups excluding carboxylic acids is 2. The van der Waals surface area contributed by atoms with Crippen LogP contribution in [0.4, 0.5) is 0 Å². The fourth-order valence-corrected chi connectivity index (χ4v) is 2.55. The van der Waals surface area contributed by atoms with Gasteiger partial charge in [-0.2, -0.15) is 0 Å². The molecule has 1 rings (SSSR count). The van der Waals surface area contributed by atoms with E-state index >= 15 is 0 Å². The van der Waals surface area contributed by atoms with Gasteiger partial charge < -0.3 is 26.8 Å². The molecule has 2 amide bonds. The lowest BCUT2D eigenvalue weighted by atomic mass is 10.0. The zero-order chi connectivity index (χ0) is 22.8. The van der Waals surface area contributed by atoms with Crippen molar-refractivity contribution in [2.45, 2.75) is 71.1 Å². The molecule has 0 heterocycles. The van der Waals surface area contributed by atoms with Crippen molar-refractivity contribution in [3.63, 3.8) is 0 Å². The Kier molecular flexibility index (Phi) is 9.95. The standard InChI is InChI=1S/C22H37N5O3/c1-21(2,25)15-30-22(3,4)12-13-26-18(28)6-5-7-19(29)27-14-16-8-10-17(11-9-16)20(23)24/h8-11H,5-7,12-15,25H2,1-4H3,(H3,23,24)(H,26,28)(H,27,29). The largest absolute Gasteiger partial charge is 0.384 e. The number of ether oxygens (including phenoxy) is 1. The van der Waals surface area contributed by atoms with Gasteiger partial charge in [0.15, 0.2) is 0 Å². The van der Waals surface area contributed by atoms with Crippen LogP contribution in [0.3, 0.4) is 0 Å². The van der Waals surface area contributed by atoms with Crippen molar-refractivity contribution in [1.82, 2.24) is 10.6 Å². The first-order valence-electron chi connectivity index (χ1n) is 10.3. The molecule has 0 saturated carbocycles. The molecule has 168 valence electrons. The minimum Gasteiger partial charge on any atom is -0.384 e. The van der Waals surface area contributed by atoms with Crippen LogP contribution in [0.1, 0.15) is 64.5 Å². The number of benzene rings is 1. The Morgan fingerprint density at radius 3 is 2.13 bits per heavy atom. The number of rotatable bonds is 13. The zero-order valence-corrected chi connectivity index (χ0v) is 18.6. The molecule has 0 spiro atoms. The van der Waals surface area contributed by atoms with Gasteiger partial charge in [-0.15, -0.1) is 0 Å². The number of hydrogen-bond donors (Lipinski definition) is 5. The van der Waals surface area contributed by atoms with Gasteiger partial charge in [-0.3, -0.25) is 15.0 Å². The van der Waals surface area contributed by atoms with Crippen molar-refractivity contribution in [3.8, 4) is 0 Å². The molecule has 0 saturated heterocycles. The Morgan fingerprint density at radius 2 is 1.60 bits per heavy atom. The van der Waals surface area contributed by atoms with Gasteiger partial charge in [0, 0.05) is 37.0 Å². The highest BCUT2D eigenvalue weighted by molar-refractivity contribution is 5.94. The van der Waals surface area contributed by atoms with E-state index in [-0.39, 0.29) is 28.8 Å². The summed E-state index contributed by atoms with van der Waals surface area (Å²) in [5.41, 5.74) is 12.2. The average molecular weight is 420 g/mol. The summed E-state index contributed by atoms with van der Waals surface area (Å²) in [5.74, 6) is -0.158. The lowest BCUT2D eigenvalue weighted by Crippen LogP contribution is -2.42. The van der Waals surface area contributed by atoms with E-state index in [0.29, 0.717) is 50.9 Å². The Balaban J connectivity index is 2.18. The van der Waals surface area contributed by atoms with Gasteiger partial charge in [-0.1, -0.05) is 24.3 Å². The molecular formula is C22H37N5O3. The quantitative estimate of drug-likeness (QED) is 0.245. The molecule has 1 aromatic rings. The summed E-state index contributed by atoms with van der Waals surface area (Å²) >= 11 is 0. The summed E-state index contributed by atoms with van der Waals surface area (Å²) < 4.78 is 5.82. The molecule has 0 unspecified atom stereocenters. The smallest absolute Gasteiger partial charge is 0.220 e. The molecule has 0 aliphatic carbocycles. The molecule has 8 nitrogen and oxygen atoms in total. The van der Waals surface area contributed by atoms with Crippen LogP contribution < -0.4 is 22.1 Å². The molecule has 0 radical (unpaired) electrons. The molecule has 0 fully saturated rings. The second kappa shape index (κ2) is 11.7. The van der Waals surface area contributed by atoms with Gasteiger partial charge in [0.2, 0.25) is 11.8 Å². The van der Waals surface area contributed by atoms with Gasteiger partial charge in [-0.25, -0.2) is 0 Å². The maximum Gasteiger partial charge on any atom is 0.220 e. The Hall–Kier alpha value is -2.45. The van der Waals surface area contributed by atoms with Crippen molar-refractivity contribution in [2.24, 2.45) is 11.5 Å². The Bertz CT molecular complexity index is 708. The predicted molar refractivity (Wildman–Crippen MR) is 119 cm³/mol. The molecule has 0 bridgehead atoms. The normalized spacial score (nSPS) is 11.8. The highest BCUT2D eigenvalue weighted by Gasteiger charge is 2.22. The van der Waals surface area contributed by atoms with E-state index in [2.05, 4.69) is 10.6 Å². The fraction of sp³-hybridized carbons (Fsp3) is 0.591. The van der Waals surface area contributed by atoms with Gasteiger partial charge in [-0.05, 0) is 46.1 Å². The van der Waals surface area contributed by atoms with Crippen LogP contribution in [-0.4, -0.2) is 41.9 Å². The lowest BCUT2D eigenvalue weighted by molar-refractivity contribution is -0.122. The van der Waals surface area contributed by atoms with Crippen LogP contribution in [-0.2, 0) is 20.9 Å². The maximum absolute atomic E-state index is 12.0. The summed E-state index contributed by atoms with van der Waals surface area (Å²) in [6, 6.07) is 7.14. The number of amides is 2. The Morgan fingerprint density at radius 1 is 1.03 bits per heavy atom. The molecule has 8 heteroatoms. The van der Waals surface area contributed by atoms with E-state index in [1.165, 1.54) is 0 Å². The third kappa shape index (κ3) is 11.5. The van der Waals surface area contributed by atoms with Gasteiger partial charge in [0.05, 0.1) is 12.2 Å². The van der Waals surface area contributed by atoms with Crippen molar-refractivity contribution >= 4 is 17.6 Å². The molecule has 30 heavy (non-hydrogen) atoms. The van der Waals surface area contributed by atoms with Crippen LogP contribution in [0.25, 0.3) is 0 Å². The molecule has 0 aliphatic heterocycles. The summed E-state index contributed by atoms with van der Waals surface area (Å²) in [6.45, 7) is 9.13. The second-order valence-electron chi connectivity index (χ2n) is 8.88. The topological polar surface area (TPSA) is 143 Å². The van der Waals surface area contributed by atoms with Gasteiger partial charge >= 0.3 is 0 Å². The highest BCUT2D eigenvalue weighted by Crippen LogP contribution is 2.15. The second-order valence-corrected chi connectivity index (χ2v) is 8.88. The third-order valence-corrected chi connectivity index (χ3v) is 4.45. The van der Waals surface area contributed by atoms with E-state index in [1.807, 2.05) is 39.8 Å². The third-order valence-electron chi connectivity index (χ3n) is 4.45. The average Bonchev–Trinajstić information content (AvgIpc) is 2.64. The van der Waals surface area contributed by atoms with E-state index in [0.717, 1.165) is 5.56 Å². The van der Waals surface area contributed by atoms with E-state index in [4.69, 9.17) is 21.6 Å². The van der Waals surface area contributed by atoms with Crippen molar-refractivity contribution < 1.29 is 14.3 Å². The molecule has 0 atom stereocenters. The number of hydrogen-bond acceptors (Lipinski definition) is 5. The molecule has 0 aromatic heterocycles. The first kappa shape index (κ1) is 25.6. The fourth-order valence-electron chi connectivity index (χ4n) is 2.55. The highest BCUT2D eigenvalue weighted by atomic mass is 16.5. The number of carbonyl (C=O) groups is 2. The molecular weight excluding hydrogens is 382 g/mol. The molecule has 7 N–H and O–H groups in total. The maximum atomic E-state index is 12.0. The van der Waals surface area contributed by atoms with E-state index in [1.54, 1.807) is 12.1 Å². The summed E-state index contributed by atoms with van der Waals surface area (Å²) in [7, 11) is 0. The van der Waals surface area contributed by atoms with Crippen LogP contribution in [0.2, 0.25) is 0 Å². The van der Waals surface area contributed by atoms with E-state index < -0.39 is 0 Å². The minimum atomic E-state index is -0.390. The zero-order valence-electron chi connectivity index (χ0n) is 18.6. The van der Waals surface area contributed by atoms with Crippen LogP contribution in [0.5, 0.6) is 0 Å². The SMILES string of the molecule is CC(C)(N)COC(C)(C)CCNC(=O)CCCC(=O)NCc1ccc(C(=N)N)cc1. The van der Waals surface area contributed by atoms with Crippen molar-refractivity contribution in [1.29, 1.82) is 5.41 Å². The first-order valence-corrected chi connectivity index (χ1v) is 10.3. The molecule has 0 aliphatic rings. The minimum absolute atomic E-state index is 0.0134. The van der Waals surface area contributed by atoms with Gasteiger partial charge in [0.1, 0.15) is 5.84 Å². The van der Waals surface area contributed by atoms with Crippen molar-refractivity contribution in [3.05, 3.63) is 35.4 Å². The van der Waals surface area contributed by atoms with Gasteiger partial charge in [0.25, 0.3) is 0 Å². The first-order chi connectivity index (χ1) is 13.9. The summed E-state index contributed by atoms with van der Waals surface area (Å²) in [4.78, 5) is 23.9. The van der Waals surface area contributed by atoms with E-state index in [9.17, 15) is 9.59 Å². The summed E-state index contributed by atoms with van der Waals surface area (Å²) in [5, 5.41) is 13.1. The summed E-state index contributed by atoms with van der Waals surface area (Å²) in [6.07, 6.45) is 1.76. The van der Waals surface area contributed by atoms with Crippen LogP contribution in [0, 0.1) is 5.41 Å². The van der Waals surface area contributed by atoms with Crippen molar-refractivity contribution in [2.75, 3.05) is 13.2 Å². The van der Waals surface area contributed by atoms with Crippen LogP contribution >= 0.6 is 0 Å². The molecule has 1 aromatic carbocycles. The number of nitrogen functional groups attached to an aromatic ring is 1. The number of nitrogens with one attached hydrogen (secondary N) is 3. The van der Waals surface area contributed by atoms with Crippen LogP contribution in [0.15, 0.2) is 24.3 Å².